The van der Waals surface area contributed by atoms with Gasteiger partial charge in [-0.1, -0.05) is 13.8 Å². The number of rotatable bonds is 4. The van der Waals surface area contributed by atoms with Crippen LogP contribution in [0, 0.1) is 5.92 Å². The summed E-state index contributed by atoms with van der Waals surface area (Å²) in [6, 6.07) is 0. The molecule has 0 radical (unpaired) electrons. The highest BCUT2D eigenvalue weighted by molar-refractivity contribution is 5.30. The van der Waals surface area contributed by atoms with E-state index in [1.165, 1.54) is 0 Å². The summed E-state index contributed by atoms with van der Waals surface area (Å²) in [5.74, 6) is 1.34. The Kier molecular flexibility index (Phi) is 3.64. The van der Waals surface area contributed by atoms with Gasteiger partial charge in [-0.05, 0) is 5.92 Å². The Balaban J connectivity index is 2.49. The van der Waals surface area contributed by atoms with Crippen molar-refractivity contribution in [2.75, 3.05) is 11.9 Å². The van der Waals surface area contributed by atoms with Gasteiger partial charge in [0.15, 0.2) is 0 Å². The number of aliphatic hydroxyl groups excluding tert-OH is 1. The first kappa shape index (κ1) is 9.92. The molecule has 0 aliphatic heterocycles. The molecule has 0 spiro atoms. The predicted octanol–water partition coefficient (Wildman–Crippen LogP) is 1.04. The molecule has 4 heteroatoms. The lowest BCUT2D eigenvalue weighted by Crippen LogP contribution is -2.09. The summed E-state index contributed by atoms with van der Waals surface area (Å²) in [5.41, 5.74) is 0.593. The van der Waals surface area contributed by atoms with E-state index in [0.29, 0.717) is 11.6 Å². The molecule has 13 heavy (non-hydrogen) atoms. The second-order valence-electron chi connectivity index (χ2n) is 3.33. The zero-order valence-corrected chi connectivity index (χ0v) is 7.99. The van der Waals surface area contributed by atoms with Crippen molar-refractivity contribution in [1.29, 1.82) is 0 Å². The van der Waals surface area contributed by atoms with E-state index < -0.39 is 0 Å². The zero-order chi connectivity index (χ0) is 9.68. The lowest BCUT2D eigenvalue weighted by Gasteiger charge is -2.07. The fourth-order valence-corrected chi connectivity index (χ4v) is 0.836. The fourth-order valence-electron chi connectivity index (χ4n) is 0.836. The Morgan fingerprint density at radius 1 is 1.38 bits per heavy atom. The smallest absolute Gasteiger partial charge is 0.144 e. The highest BCUT2D eigenvalue weighted by atomic mass is 16.3. The molecule has 0 bridgehead atoms. The van der Waals surface area contributed by atoms with E-state index in [1.54, 1.807) is 12.4 Å². The lowest BCUT2D eigenvalue weighted by atomic mass is 10.2. The molecule has 0 aliphatic rings. The first-order chi connectivity index (χ1) is 6.22. The SMILES string of the molecule is CC(C)CNc1cnc(CO)cn1. The van der Waals surface area contributed by atoms with Crippen LogP contribution in [0.5, 0.6) is 0 Å². The van der Waals surface area contributed by atoms with Crippen molar-refractivity contribution in [3.05, 3.63) is 18.1 Å². The van der Waals surface area contributed by atoms with E-state index in [9.17, 15) is 0 Å². The summed E-state index contributed by atoms with van der Waals surface area (Å²) in [7, 11) is 0. The molecule has 0 saturated heterocycles. The topological polar surface area (TPSA) is 58.0 Å². The van der Waals surface area contributed by atoms with E-state index in [2.05, 4.69) is 29.1 Å². The van der Waals surface area contributed by atoms with Crippen LogP contribution in [-0.4, -0.2) is 21.6 Å². The van der Waals surface area contributed by atoms with Gasteiger partial charge in [0, 0.05) is 6.54 Å². The van der Waals surface area contributed by atoms with Gasteiger partial charge in [-0.2, -0.15) is 0 Å². The average molecular weight is 181 g/mol. The molecule has 1 aromatic heterocycles. The van der Waals surface area contributed by atoms with Crippen LogP contribution >= 0.6 is 0 Å². The van der Waals surface area contributed by atoms with Crippen LogP contribution in [0.25, 0.3) is 0 Å². The quantitative estimate of drug-likeness (QED) is 0.728. The van der Waals surface area contributed by atoms with Crippen LogP contribution in [0.15, 0.2) is 12.4 Å². The first-order valence-electron chi connectivity index (χ1n) is 4.38. The highest BCUT2D eigenvalue weighted by Gasteiger charge is 1.97. The molecule has 4 nitrogen and oxygen atoms in total. The monoisotopic (exact) mass is 181 g/mol. The minimum atomic E-state index is -0.0581. The summed E-state index contributed by atoms with van der Waals surface area (Å²) in [5, 5.41) is 11.9. The molecular weight excluding hydrogens is 166 g/mol. The fraction of sp³-hybridized carbons (Fsp3) is 0.556. The molecule has 1 aromatic rings. The maximum Gasteiger partial charge on any atom is 0.144 e. The van der Waals surface area contributed by atoms with E-state index in [1.807, 2.05) is 0 Å². The van der Waals surface area contributed by atoms with E-state index in [0.717, 1.165) is 12.4 Å². The molecule has 1 rings (SSSR count). The van der Waals surface area contributed by atoms with Crippen molar-refractivity contribution in [3.63, 3.8) is 0 Å². The van der Waals surface area contributed by atoms with Crippen LogP contribution in [0.2, 0.25) is 0 Å². The standard InChI is InChI=1S/C9H15N3O/c1-7(2)3-11-9-5-10-8(6-13)4-12-9/h4-5,7,13H,3,6H2,1-2H3,(H,11,12). The molecule has 2 N–H and O–H groups in total. The number of aromatic nitrogens is 2. The molecule has 0 aliphatic carbocycles. The third-order valence-electron chi connectivity index (χ3n) is 1.56. The van der Waals surface area contributed by atoms with Crippen LogP contribution in [0.1, 0.15) is 19.5 Å². The average Bonchev–Trinajstić information content (AvgIpc) is 2.15. The Hall–Kier alpha value is -1.16. The number of hydrogen-bond acceptors (Lipinski definition) is 4. The van der Waals surface area contributed by atoms with Gasteiger partial charge in [-0.15, -0.1) is 0 Å². The zero-order valence-electron chi connectivity index (χ0n) is 7.99. The number of nitrogens with zero attached hydrogens (tertiary/aromatic N) is 2. The summed E-state index contributed by atoms with van der Waals surface area (Å²) in [6.07, 6.45) is 3.20. The molecule has 72 valence electrons. The van der Waals surface area contributed by atoms with Crippen LogP contribution in [-0.2, 0) is 6.61 Å². The van der Waals surface area contributed by atoms with Crippen molar-refractivity contribution < 1.29 is 5.11 Å². The lowest BCUT2D eigenvalue weighted by molar-refractivity contribution is 0.276. The van der Waals surface area contributed by atoms with Gasteiger partial charge in [-0.25, -0.2) is 4.98 Å². The minimum absolute atomic E-state index is 0.0581. The van der Waals surface area contributed by atoms with Gasteiger partial charge in [0.1, 0.15) is 5.82 Å². The van der Waals surface area contributed by atoms with E-state index >= 15 is 0 Å². The maximum atomic E-state index is 8.72. The second-order valence-corrected chi connectivity index (χ2v) is 3.33. The Bertz CT molecular complexity index is 246. The van der Waals surface area contributed by atoms with Crippen molar-refractivity contribution in [2.45, 2.75) is 20.5 Å². The van der Waals surface area contributed by atoms with Crippen molar-refractivity contribution in [2.24, 2.45) is 5.92 Å². The van der Waals surface area contributed by atoms with Crippen molar-refractivity contribution >= 4 is 5.82 Å². The van der Waals surface area contributed by atoms with Gasteiger partial charge in [-0.3, -0.25) is 4.98 Å². The van der Waals surface area contributed by atoms with Gasteiger partial charge in [0.05, 0.1) is 24.7 Å². The van der Waals surface area contributed by atoms with Gasteiger partial charge in [0.2, 0.25) is 0 Å². The van der Waals surface area contributed by atoms with Crippen LogP contribution in [0.4, 0.5) is 5.82 Å². The number of aliphatic hydroxyl groups is 1. The third-order valence-corrected chi connectivity index (χ3v) is 1.56. The Labute approximate surface area is 78.0 Å². The Morgan fingerprint density at radius 2 is 2.15 bits per heavy atom. The predicted molar refractivity (Wildman–Crippen MR) is 51.3 cm³/mol. The van der Waals surface area contributed by atoms with E-state index in [-0.39, 0.29) is 6.61 Å². The second kappa shape index (κ2) is 4.77. The molecule has 0 saturated carbocycles. The van der Waals surface area contributed by atoms with Gasteiger partial charge in [0.25, 0.3) is 0 Å². The summed E-state index contributed by atoms with van der Waals surface area (Å²) < 4.78 is 0. The van der Waals surface area contributed by atoms with Crippen LogP contribution < -0.4 is 5.32 Å². The maximum absolute atomic E-state index is 8.72. The highest BCUT2D eigenvalue weighted by Crippen LogP contribution is 2.02. The minimum Gasteiger partial charge on any atom is -0.390 e. The molecular formula is C9H15N3O. The largest absolute Gasteiger partial charge is 0.390 e. The number of hydrogen-bond donors (Lipinski definition) is 2. The molecule has 0 atom stereocenters. The molecule has 0 fully saturated rings. The van der Waals surface area contributed by atoms with E-state index in [4.69, 9.17) is 5.11 Å². The molecule has 0 amide bonds. The van der Waals surface area contributed by atoms with Gasteiger partial charge < -0.3 is 10.4 Å². The summed E-state index contributed by atoms with van der Waals surface area (Å²) in [6.45, 7) is 5.08. The first-order valence-corrected chi connectivity index (χ1v) is 4.38. The Morgan fingerprint density at radius 3 is 2.62 bits per heavy atom. The van der Waals surface area contributed by atoms with Crippen molar-refractivity contribution in [3.8, 4) is 0 Å². The van der Waals surface area contributed by atoms with Gasteiger partial charge >= 0.3 is 0 Å². The van der Waals surface area contributed by atoms with Crippen LogP contribution in [0.3, 0.4) is 0 Å². The normalized spacial score (nSPS) is 10.5. The third kappa shape index (κ3) is 3.38. The molecule has 0 aromatic carbocycles. The number of anilines is 1. The molecule has 1 heterocycles. The van der Waals surface area contributed by atoms with Crippen molar-refractivity contribution in [1.82, 2.24) is 9.97 Å². The summed E-state index contributed by atoms with van der Waals surface area (Å²) >= 11 is 0. The summed E-state index contributed by atoms with van der Waals surface area (Å²) in [4.78, 5) is 8.09. The number of nitrogens with one attached hydrogen (secondary N) is 1. The molecule has 0 unspecified atom stereocenters.